The second-order valence-corrected chi connectivity index (χ2v) is 7.15. The number of rotatable bonds is 4. The average Bonchev–Trinajstić information content (AvgIpc) is 3.36. The Kier molecular flexibility index (Phi) is 4.62. The highest BCUT2D eigenvalue weighted by molar-refractivity contribution is 7.15. The Morgan fingerprint density at radius 3 is 2.82 bits per heavy atom. The first-order valence-electron chi connectivity index (χ1n) is 8.39. The summed E-state index contributed by atoms with van der Waals surface area (Å²) in [6.07, 6.45) is 1.92. The van der Waals surface area contributed by atoms with E-state index in [1.54, 1.807) is 23.1 Å². The Bertz CT molecular complexity index is 1060. The SMILES string of the molecule is O=C(Nc1nc2c(s1)CN(C(=O)c1ccccc1[N+](=O)[O-])CC2)c1ccco1. The molecule has 10 heteroatoms. The molecule has 1 aliphatic rings. The molecule has 1 N–H and O–H groups in total. The van der Waals surface area contributed by atoms with Crippen molar-refractivity contribution in [3.05, 3.63) is 74.7 Å². The van der Waals surface area contributed by atoms with Crippen molar-refractivity contribution >= 4 is 34.0 Å². The number of para-hydroxylation sites is 1. The monoisotopic (exact) mass is 398 g/mol. The molecule has 0 fully saturated rings. The van der Waals surface area contributed by atoms with Crippen LogP contribution in [0.4, 0.5) is 10.8 Å². The number of hydrogen-bond acceptors (Lipinski definition) is 7. The van der Waals surface area contributed by atoms with Gasteiger partial charge in [-0.15, -0.1) is 0 Å². The van der Waals surface area contributed by atoms with E-state index in [1.807, 2.05) is 0 Å². The highest BCUT2D eigenvalue weighted by Crippen LogP contribution is 2.30. The zero-order valence-electron chi connectivity index (χ0n) is 14.5. The number of anilines is 1. The number of fused-ring (bicyclic) bond motifs is 1. The minimum Gasteiger partial charge on any atom is -0.459 e. The van der Waals surface area contributed by atoms with Gasteiger partial charge in [0.1, 0.15) is 5.56 Å². The Labute approximate surface area is 162 Å². The predicted octanol–water partition coefficient (Wildman–Crippen LogP) is 3.10. The lowest BCUT2D eigenvalue weighted by Crippen LogP contribution is -2.35. The van der Waals surface area contributed by atoms with Gasteiger partial charge in [0.2, 0.25) is 0 Å². The van der Waals surface area contributed by atoms with Gasteiger partial charge in [-0.05, 0) is 18.2 Å². The number of furan rings is 1. The smallest absolute Gasteiger partial charge is 0.293 e. The molecule has 3 aromatic rings. The van der Waals surface area contributed by atoms with Gasteiger partial charge in [-0.3, -0.25) is 25.0 Å². The molecule has 1 aromatic carbocycles. The number of thiazole rings is 1. The third kappa shape index (κ3) is 3.37. The van der Waals surface area contributed by atoms with E-state index >= 15 is 0 Å². The van der Waals surface area contributed by atoms with E-state index in [1.165, 1.54) is 35.8 Å². The van der Waals surface area contributed by atoms with Crippen molar-refractivity contribution in [3.63, 3.8) is 0 Å². The summed E-state index contributed by atoms with van der Waals surface area (Å²) < 4.78 is 5.05. The van der Waals surface area contributed by atoms with Crippen molar-refractivity contribution in [1.29, 1.82) is 0 Å². The van der Waals surface area contributed by atoms with Crippen molar-refractivity contribution in [2.24, 2.45) is 0 Å². The number of amides is 2. The molecule has 0 saturated heterocycles. The van der Waals surface area contributed by atoms with Crippen molar-refractivity contribution in [2.75, 3.05) is 11.9 Å². The second kappa shape index (κ2) is 7.24. The van der Waals surface area contributed by atoms with E-state index in [-0.39, 0.29) is 23.6 Å². The molecule has 0 spiro atoms. The van der Waals surface area contributed by atoms with Gasteiger partial charge in [-0.1, -0.05) is 23.5 Å². The lowest BCUT2D eigenvalue weighted by atomic mass is 10.1. The fraction of sp³-hybridized carbons (Fsp3) is 0.167. The number of nitro benzene ring substituents is 1. The molecule has 3 heterocycles. The maximum atomic E-state index is 12.8. The first-order chi connectivity index (χ1) is 13.5. The van der Waals surface area contributed by atoms with Crippen molar-refractivity contribution in [2.45, 2.75) is 13.0 Å². The number of nitro groups is 1. The molecule has 28 heavy (non-hydrogen) atoms. The highest BCUT2D eigenvalue weighted by Gasteiger charge is 2.29. The number of aromatic nitrogens is 1. The van der Waals surface area contributed by atoms with E-state index in [4.69, 9.17) is 4.42 Å². The van der Waals surface area contributed by atoms with Gasteiger partial charge in [0.05, 0.1) is 23.4 Å². The first kappa shape index (κ1) is 17.9. The highest BCUT2D eigenvalue weighted by atomic mass is 32.1. The van der Waals surface area contributed by atoms with Gasteiger partial charge in [0, 0.05) is 23.9 Å². The van der Waals surface area contributed by atoms with E-state index in [0.29, 0.717) is 18.1 Å². The van der Waals surface area contributed by atoms with Crippen LogP contribution in [-0.4, -0.2) is 33.2 Å². The summed E-state index contributed by atoms with van der Waals surface area (Å²) in [7, 11) is 0. The summed E-state index contributed by atoms with van der Waals surface area (Å²) >= 11 is 1.28. The molecule has 0 saturated carbocycles. The maximum Gasteiger partial charge on any atom is 0.293 e. The summed E-state index contributed by atoms with van der Waals surface area (Å²) in [5.41, 5.74) is 0.659. The minimum atomic E-state index is -0.558. The molecular weight excluding hydrogens is 384 g/mol. The topological polar surface area (TPSA) is 119 Å². The molecule has 0 atom stereocenters. The van der Waals surface area contributed by atoms with E-state index in [2.05, 4.69) is 10.3 Å². The molecule has 142 valence electrons. The van der Waals surface area contributed by atoms with Crippen LogP contribution in [0.15, 0.2) is 47.1 Å². The van der Waals surface area contributed by atoms with Crippen LogP contribution < -0.4 is 5.32 Å². The summed E-state index contributed by atoms with van der Waals surface area (Å²) in [6, 6.07) is 9.07. The third-order valence-corrected chi connectivity index (χ3v) is 5.31. The fourth-order valence-corrected chi connectivity index (χ4v) is 3.99. The van der Waals surface area contributed by atoms with E-state index in [9.17, 15) is 19.7 Å². The van der Waals surface area contributed by atoms with Crippen LogP contribution in [0.25, 0.3) is 0 Å². The molecule has 0 aliphatic carbocycles. The molecule has 0 radical (unpaired) electrons. The van der Waals surface area contributed by atoms with Gasteiger partial charge in [-0.2, -0.15) is 0 Å². The Morgan fingerprint density at radius 2 is 2.07 bits per heavy atom. The third-order valence-electron chi connectivity index (χ3n) is 4.32. The molecule has 4 rings (SSSR count). The summed E-state index contributed by atoms with van der Waals surface area (Å²) in [5.74, 6) is -0.613. The second-order valence-electron chi connectivity index (χ2n) is 6.07. The van der Waals surface area contributed by atoms with Crippen LogP contribution in [0.2, 0.25) is 0 Å². The molecular formula is C18H14N4O5S. The minimum absolute atomic E-state index is 0.0619. The molecule has 0 unspecified atom stereocenters. The van der Waals surface area contributed by atoms with Crippen LogP contribution in [0, 0.1) is 10.1 Å². The summed E-state index contributed by atoms with van der Waals surface area (Å²) in [6.45, 7) is 0.682. The number of benzene rings is 1. The number of hydrogen-bond donors (Lipinski definition) is 1. The summed E-state index contributed by atoms with van der Waals surface area (Å²) in [4.78, 5) is 42.3. The molecule has 1 aliphatic heterocycles. The molecule has 9 nitrogen and oxygen atoms in total. The van der Waals surface area contributed by atoms with Crippen LogP contribution in [0.5, 0.6) is 0 Å². The maximum absolute atomic E-state index is 12.8. The zero-order valence-corrected chi connectivity index (χ0v) is 15.3. The van der Waals surface area contributed by atoms with Crippen LogP contribution in [-0.2, 0) is 13.0 Å². The first-order valence-corrected chi connectivity index (χ1v) is 9.20. The summed E-state index contributed by atoms with van der Waals surface area (Å²) in [5, 5.41) is 14.3. The molecule has 2 aromatic heterocycles. The largest absolute Gasteiger partial charge is 0.459 e. The van der Waals surface area contributed by atoms with Crippen molar-refractivity contribution in [1.82, 2.24) is 9.88 Å². The fourth-order valence-electron chi connectivity index (χ4n) is 2.97. The molecule has 2 amide bonds. The number of nitrogens with one attached hydrogen (secondary N) is 1. The zero-order chi connectivity index (χ0) is 19.7. The van der Waals surface area contributed by atoms with E-state index in [0.717, 1.165) is 10.6 Å². The van der Waals surface area contributed by atoms with Gasteiger partial charge in [0.25, 0.3) is 17.5 Å². The average molecular weight is 398 g/mol. The van der Waals surface area contributed by atoms with Crippen molar-refractivity contribution in [3.8, 4) is 0 Å². The molecule has 0 bridgehead atoms. The Morgan fingerprint density at radius 1 is 1.25 bits per heavy atom. The van der Waals surface area contributed by atoms with Crippen LogP contribution in [0.3, 0.4) is 0 Å². The number of carbonyl (C=O) groups excluding carboxylic acids is 2. The predicted molar refractivity (Wildman–Crippen MR) is 100 cm³/mol. The normalized spacial score (nSPS) is 13.1. The van der Waals surface area contributed by atoms with Gasteiger partial charge in [0.15, 0.2) is 10.9 Å². The number of nitrogens with zero attached hydrogens (tertiary/aromatic N) is 3. The van der Waals surface area contributed by atoms with E-state index < -0.39 is 16.7 Å². The van der Waals surface area contributed by atoms with Crippen molar-refractivity contribution < 1.29 is 18.9 Å². The Balaban J connectivity index is 1.51. The lowest BCUT2D eigenvalue weighted by Gasteiger charge is -2.26. The number of carbonyl (C=O) groups is 2. The van der Waals surface area contributed by atoms with Gasteiger partial charge < -0.3 is 9.32 Å². The van der Waals surface area contributed by atoms with Crippen LogP contribution in [0.1, 0.15) is 31.5 Å². The standard InChI is InChI=1S/C18H14N4O5S/c23-16(14-6-3-9-27-14)20-18-19-12-7-8-21(10-15(12)28-18)17(24)11-4-1-2-5-13(11)22(25)26/h1-6,9H,7-8,10H2,(H,19,20,23). The van der Waals surface area contributed by atoms with Crippen LogP contribution >= 0.6 is 11.3 Å². The lowest BCUT2D eigenvalue weighted by molar-refractivity contribution is -0.385. The van der Waals surface area contributed by atoms with Gasteiger partial charge >= 0.3 is 0 Å². The van der Waals surface area contributed by atoms with Gasteiger partial charge in [-0.25, -0.2) is 4.98 Å². The quantitative estimate of drug-likeness (QED) is 0.533. The Hall–Kier alpha value is -3.53.